The number of rotatable bonds is 4. The summed E-state index contributed by atoms with van der Waals surface area (Å²) in [6.45, 7) is 1.31. The number of pyridine rings is 1. The Labute approximate surface area is 151 Å². The zero-order chi connectivity index (χ0) is 17.9. The Hall–Kier alpha value is -1.89. The lowest BCUT2D eigenvalue weighted by molar-refractivity contribution is -0.123. The molecule has 0 fully saturated rings. The number of ether oxygens (including phenoxy) is 1. The molecule has 2 aromatic rings. The summed E-state index contributed by atoms with van der Waals surface area (Å²) >= 11 is 17.4. The number of nitrogens with one attached hydrogen (secondary N) is 1. The summed E-state index contributed by atoms with van der Waals surface area (Å²) in [5, 5.41) is 2.68. The van der Waals surface area contributed by atoms with Crippen LogP contribution in [0.1, 0.15) is 17.3 Å². The number of anilines is 1. The second-order valence-corrected chi connectivity index (χ2v) is 5.87. The Morgan fingerprint density at radius 2 is 1.96 bits per heavy atom. The van der Waals surface area contributed by atoms with Gasteiger partial charge in [-0.05, 0) is 25.1 Å². The monoisotopic (exact) mass is 390 g/mol. The number of esters is 1. The number of amides is 1. The molecule has 0 saturated carbocycles. The van der Waals surface area contributed by atoms with E-state index in [9.17, 15) is 14.0 Å². The standard InChI is InChI=1S/C15H10Cl3FN2O3/c1-7(14(22)21-13-10(18)5-8(16)6-20-13)24-15(23)12-9(17)3-2-4-11(12)19/h2-7H,1H3,(H,20,21,22). The number of halogens is 4. The van der Waals surface area contributed by atoms with Crippen molar-refractivity contribution in [2.75, 3.05) is 5.32 Å². The maximum absolute atomic E-state index is 13.7. The van der Waals surface area contributed by atoms with E-state index in [0.29, 0.717) is 5.02 Å². The van der Waals surface area contributed by atoms with E-state index in [1.807, 2.05) is 0 Å². The summed E-state index contributed by atoms with van der Waals surface area (Å²) in [6.07, 6.45) is 0.0560. The predicted octanol–water partition coefficient (Wildman–Crippen LogP) is 4.36. The van der Waals surface area contributed by atoms with Gasteiger partial charge in [0.2, 0.25) is 0 Å². The summed E-state index contributed by atoms with van der Waals surface area (Å²) < 4.78 is 18.6. The summed E-state index contributed by atoms with van der Waals surface area (Å²) in [6, 6.07) is 5.13. The fourth-order valence-electron chi connectivity index (χ4n) is 1.69. The Morgan fingerprint density at radius 3 is 2.58 bits per heavy atom. The van der Waals surface area contributed by atoms with Crippen molar-refractivity contribution in [3.8, 4) is 0 Å². The molecule has 1 aromatic heterocycles. The molecular formula is C15H10Cl3FN2O3. The molecule has 0 aliphatic rings. The lowest BCUT2D eigenvalue weighted by atomic mass is 10.2. The van der Waals surface area contributed by atoms with Gasteiger partial charge >= 0.3 is 5.97 Å². The van der Waals surface area contributed by atoms with Crippen molar-refractivity contribution in [2.24, 2.45) is 0 Å². The zero-order valence-corrected chi connectivity index (χ0v) is 14.4. The molecule has 9 heteroatoms. The number of hydrogen-bond acceptors (Lipinski definition) is 4. The van der Waals surface area contributed by atoms with Crippen LogP contribution >= 0.6 is 34.8 Å². The average Bonchev–Trinajstić information content (AvgIpc) is 2.49. The second kappa shape index (κ2) is 7.79. The molecule has 24 heavy (non-hydrogen) atoms. The number of hydrogen-bond donors (Lipinski definition) is 1. The van der Waals surface area contributed by atoms with Crippen LogP contribution in [0.15, 0.2) is 30.5 Å². The van der Waals surface area contributed by atoms with E-state index in [1.165, 1.54) is 31.3 Å². The van der Waals surface area contributed by atoms with Crippen molar-refractivity contribution in [1.82, 2.24) is 4.98 Å². The molecule has 1 unspecified atom stereocenters. The van der Waals surface area contributed by atoms with E-state index < -0.39 is 29.4 Å². The molecule has 1 N–H and O–H groups in total. The highest BCUT2D eigenvalue weighted by atomic mass is 35.5. The molecule has 1 atom stereocenters. The Kier molecular flexibility index (Phi) is 5.99. The van der Waals surface area contributed by atoms with Gasteiger partial charge in [-0.2, -0.15) is 0 Å². The molecule has 5 nitrogen and oxygen atoms in total. The Morgan fingerprint density at radius 1 is 1.25 bits per heavy atom. The van der Waals surface area contributed by atoms with Crippen LogP contribution in [0.3, 0.4) is 0 Å². The van der Waals surface area contributed by atoms with Crippen molar-refractivity contribution in [3.63, 3.8) is 0 Å². The van der Waals surface area contributed by atoms with Crippen molar-refractivity contribution in [1.29, 1.82) is 0 Å². The van der Waals surface area contributed by atoms with E-state index >= 15 is 0 Å². The quantitative estimate of drug-likeness (QED) is 0.786. The maximum Gasteiger partial charge on any atom is 0.343 e. The number of aromatic nitrogens is 1. The minimum absolute atomic E-state index is 0.0536. The van der Waals surface area contributed by atoms with Crippen LogP contribution in [0.4, 0.5) is 10.2 Å². The fraction of sp³-hybridized carbons (Fsp3) is 0.133. The van der Waals surface area contributed by atoms with Crippen LogP contribution in [0.2, 0.25) is 15.1 Å². The zero-order valence-electron chi connectivity index (χ0n) is 12.1. The van der Waals surface area contributed by atoms with Gasteiger partial charge in [0.15, 0.2) is 11.9 Å². The molecule has 1 aromatic carbocycles. The molecule has 0 aliphatic carbocycles. The van der Waals surface area contributed by atoms with Gasteiger partial charge in [0.1, 0.15) is 11.4 Å². The fourth-order valence-corrected chi connectivity index (χ4v) is 2.36. The summed E-state index contributed by atoms with van der Waals surface area (Å²) in [5.41, 5.74) is -0.443. The minimum Gasteiger partial charge on any atom is -0.449 e. The second-order valence-electron chi connectivity index (χ2n) is 4.62. The third kappa shape index (κ3) is 4.35. The van der Waals surface area contributed by atoms with Gasteiger partial charge in [0.25, 0.3) is 5.91 Å². The Balaban J connectivity index is 2.07. The molecule has 0 radical (unpaired) electrons. The minimum atomic E-state index is -1.23. The first kappa shape index (κ1) is 18.4. The molecule has 126 valence electrons. The van der Waals surface area contributed by atoms with E-state index in [0.717, 1.165) is 6.07 Å². The number of carbonyl (C=O) groups excluding carboxylic acids is 2. The van der Waals surface area contributed by atoms with Gasteiger partial charge in [0.05, 0.1) is 15.1 Å². The van der Waals surface area contributed by atoms with Crippen LogP contribution in [0.25, 0.3) is 0 Å². The van der Waals surface area contributed by atoms with E-state index in [4.69, 9.17) is 39.5 Å². The first-order valence-corrected chi connectivity index (χ1v) is 7.70. The van der Waals surface area contributed by atoms with Crippen molar-refractivity contribution in [2.45, 2.75) is 13.0 Å². The third-order valence-corrected chi connectivity index (χ3v) is 3.68. The summed E-state index contributed by atoms with van der Waals surface area (Å²) in [7, 11) is 0. The normalized spacial score (nSPS) is 11.7. The smallest absolute Gasteiger partial charge is 0.343 e. The van der Waals surface area contributed by atoms with Crippen LogP contribution in [0, 0.1) is 5.82 Å². The predicted molar refractivity (Wildman–Crippen MR) is 89.2 cm³/mol. The summed E-state index contributed by atoms with van der Waals surface area (Å²) in [4.78, 5) is 27.9. The molecule has 1 amide bonds. The van der Waals surface area contributed by atoms with Gasteiger partial charge in [-0.1, -0.05) is 40.9 Å². The van der Waals surface area contributed by atoms with E-state index in [1.54, 1.807) is 0 Å². The van der Waals surface area contributed by atoms with Crippen molar-refractivity contribution < 1.29 is 18.7 Å². The molecule has 0 spiro atoms. The molecule has 0 aliphatic heterocycles. The largest absolute Gasteiger partial charge is 0.449 e. The van der Waals surface area contributed by atoms with Crippen LogP contribution in [-0.2, 0) is 9.53 Å². The van der Waals surface area contributed by atoms with Gasteiger partial charge in [-0.3, -0.25) is 4.79 Å². The lowest BCUT2D eigenvalue weighted by Gasteiger charge is -2.14. The molecular weight excluding hydrogens is 382 g/mol. The number of benzene rings is 1. The maximum atomic E-state index is 13.7. The van der Waals surface area contributed by atoms with Gasteiger partial charge in [-0.15, -0.1) is 0 Å². The van der Waals surface area contributed by atoms with Crippen molar-refractivity contribution >= 4 is 52.5 Å². The van der Waals surface area contributed by atoms with Crippen LogP contribution in [0.5, 0.6) is 0 Å². The highest BCUT2D eigenvalue weighted by molar-refractivity contribution is 6.36. The van der Waals surface area contributed by atoms with Crippen LogP contribution < -0.4 is 5.32 Å². The molecule has 0 saturated heterocycles. The number of nitrogens with zero attached hydrogens (tertiary/aromatic N) is 1. The first-order chi connectivity index (χ1) is 11.3. The molecule has 0 bridgehead atoms. The topological polar surface area (TPSA) is 68.3 Å². The van der Waals surface area contributed by atoms with Gasteiger partial charge < -0.3 is 10.1 Å². The number of carbonyl (C=O) groups is 2. The molecule has 1 heterocycles. The average molecular weight is 392 g/mol. The van der Waals surface area contributed by atoms with Gasteiger partial charge in [0, 0.05) is 6.20 Å². The highest BCUT2D eigenvalue weighted by Gasteiger charge is 2.24. The van der Waals surface area contributed by atoms with E-state index in [-0.39, 0.29) is 15.9 Å². The van der Waals surface area contributed by atoms with Crippen molar-refractivity contribution in [3.05, 3.63) is 56.9 Å². The summed E-state index contributed by atoms with van der Waals surface area (Å²) in [5.74, 6) is -2.55. The highest BCUT2D eigenvalue weighted by Crippen LogP contribution is 2.23. The van der Waals surface area contributed by atoms with Gasteiger partial charge in [-0.25, -0.2) is 14.2 Å². The Bertz CT molecular complexity index is 781. The third-order valence-electron chi connectivity index (χ3n) is 2.87. The SMILES string of the molecule is CC(OC(=O)c1c(F)cccc1Cl)C(=O)Nc1ncc(Cl)cc1Cl. The lowest BCUT2D eigenvalue weighted by Crippen LogP contribution is -2.30. The van der Waals surface area contributed by atoms with E-state index in [2.05, 4.69) is 10.3 Å². The molecule has 2 rings (SSSR count). The first-order valence-electron chi connectivity index (χ1n) is 6.56. The van der Waals surface area contributed by atoms with Crippen LogP contribution in [-0.4, -0.2) is 23.0 Å².